The normalized spacial score (nSPS) is 10.7. The summed E-state index contributed by atoms with van der Waals surface area (Å²) in [6.07, 6.45) is 6.10. The van der Waals surface area contributed by atoms with Crippen LogP contribution in [0, 0.1) is 0 Å². The van der Waals surface area contributed by atoms with E-state index in [9.17, 15) is 0 Å². The van der Waals surface area contributed by atoms with Crippen LogP contribution in [0.4, 0.5) is 5.69 Å². The summed E-state index contributed by atoms with van der Waals surface area (Å²) in [5.41, 5.74) is 10.3. The molecule has 1 aromatic heterocycles. The maximum absolute atomic E-state index is 6.08. The molecule has 2 aromatic carbocycles. The van der Waals surface area contributed by atoms with Gasteiger partial charge in [0.2, 0.25) is 0 Å². The molecule has 0 aliphatic carbocycles. The maximum Gasteiger partial charge on any atom is 0.0686 e. The van der Waals surface area contributed by atoms with Crippen molar-refractivity contribution >= 4 is 17.4 Å². The van der Waals surface area contributed by atoms with Crippen LogP contribution in [-0.4, -0.2) is 10.8 Å². The molecule has 0 spiro atoms. The summed E-state index contributed by atoms with van der Waals surface area (Å²) in [5.74, 6) is 0. The number of nitrogen functional groups attached to an aromatic ring is 1. The average molecular weight is 280 g/mol. The van der Waals surface area contributed by atoms with Crippen molar-refractivity contribution in [3.63, 3.8) is 0 Å². The highest BCUT2D eigenvalue weighted by Crippen LogP contribution is 2.27. The molecular formula is C17H16N2S. The van der Waals surface area contributed by atoms with Gasteiger partial charge in [0.15, 0.2) is 0 Å². The SMILES string of the molecule is CSc1ccc(-c2ccc(N)c(-n3cccc3)c2)cc1. The van der Waals surface area contributed by atoms with E-state index in [1.807, 2.05) is 35.2 Å². The third-order valence-electron chi connectivity index (χ3n) is 3.34. The Morgan fingerprint density at radius 2 is 1.55 bits per heavy atom. The largest absolute Gasteiger partial charge is 0.397 e. The van der Waals surface area contributed by atoms with Gasteiger partial charge in [0, 0.05) is 17.3 Å². The Kier molecular flexibility index (Phi) is 3.52. The zero-order chi connectivity index (χ0) is 13.9. The number of hydrogen-bond acceptors (Lipinski definition) is 2. The summed E-state index contributed by atoms with van der Waals surface area (Å²) in [7, 11) is 0. The molecule has 0 bridgehead atoms. The van der Waals surface area contributed by atoms with Gasteiger partial charge in [0.05, 0.1) is 11.4 Å². The Balaban J connectivity index is 2.04. The van der Waals surface area contributed by atoms with Crippen molar-refractivity contribution in [1.29, 1.82) is 0 Å². The molecule has 0 atom stereocenters. The van der Waals surface area contributed by atoms with E-state index < -0.39 is 0 Å². The Morgan fingerprint density at radius 1 is 0.900 bits per heavy atom. The van der Waals surface area contributed by atoms with Gasteiger partial charge in [-0.3, -0.25) is 0 Å². The van der Waals surface area contributed by atoms with Crippen LogP contribution in [0.25, 0.3) is 16.8 Å². The van der Waals surface area contributed by atoms with Gasteiger partial charge in [-0.05, 0) is 53.8 Å². The van der Waals surface area contributed by atoms with E-state index in [0.717, 1.165) is 11.4 Å². The first-order valence-corrected chi connectivity index (χ1v) is 7.68. The van der Waals surface area contributed by atoms with Gasteiger partial charge in [-0.25, -0.2) is 0 Å². The van der Waals surface area contributed by atoms with E-state index in [4.69, 9.17) is 5.73 Å². The maximum atomic E-state index is 6.08. The highest BCUT2D eigenvalue weighted by Gasteiger charge is 2.04. The number of nitrogens with zero attached hydrogens (tertiary/aromatic N) is 1. The van der Waals surface area contributed by atoms with Crippen LogP contribution < -0.4 is 5.73 Å². The number of aromatic nitrogens is 1. The fraction of sp³-hybridized carbons (Fsp3) is 0.0588. The molecule has 0 fully saturated rings. The van der Waals surface area contributed by atoms with E-state index >= 15 is 0 Å². The summed E-state index contributed by atoms with van der Waals surface area (Å²) < 4.78 is 2.04. The van der Waals surface area contributed by atoms with Crippen molar-refractivity contribution in [3.05, 3.63) is 67.0 Å². The highest BCUT2D eigenvalue weighted by molar-refractivity contribution is 7.98. The lowest BCUT2D eigenvalue weighted by molar-refractivity contribution is 1.08. The van der Waals surface area contributed by atoms with Crippen molar-refractivity contribution in [2.45, 2.75) is 4.90 Å². The van der Waals surface area contributed by atoms with Crippen molar-refractivity contribution in [2.75, 3.05) is 12.0 Å². The molecule has 3 aromatic rings. The Morgan fingerprint density at radius 3 is 2.20 bits per heavy atom. The van der Waals surface area contributed by atoms with Crippen molar-refractivity contribution in [3.8, 4) is 16.8 Å². The van der Waals surface area contributed by atoms with Gasteiger partial charge in [-0.15, -0.1) is 11.8 Å². The molecular weight excluding hydrogens is 264 g/mol. The van der Waals surface area contributed by atoms with Gasteiger partial charge in [-0.2, -0.15) is 0 Å². The molecule has 0 saturated heterocycles. The summed E-state index contributed by atoms with van der Waals surface area (Å²) >= 11 is 1.75. The molecule has 3 heteroatoms. The zero-order valence-electron chi connectivity index (χ0n) is 11.3. The topological polar surface area (TPSA) is 30.9 Å². The van der Waals surface area contributed by atoms with Gasteiger partial charge < -0.3 is 10.3 Å². The second kappa shape index (κ2) is 5.47. The van der Waals surface area contributed by atoms with E-state index in [-0.39, 0.29) is 0 Å². The first-order valence-electron chi connectivity index (χ1n) is 6.45. The lowest BCUT2D eigenvalue weighted by atomic mass is 10.0. The molecule has 2 N–H and O–H groups in total. The molecule has 1 heterocycles. The number of anilines is 1. The Bertz CT molecular complexity index is 700. The highest BCUT2D eigenvalue weighted by atomic mass is 32.2. The van der Waals surface area contributed by atoms with Crippen LogP contribution in [0.1, 0.15) is 0 Å². The summed E-state index contributed by atoms with van der Waals surface area (Å²) in [4.78, 5) is 1.27. The van der Waals surface area contributed by atoms with E-state index in [1.165, 1.54) is 16.0 Å². The quantitative estimate of drug-likeness (QED) is 0.567. The average Bonchev–Trinajstić information content (AvgIpc) is 3.02. The molecule has 0 saturated carbocycles. The minimum atomic E-state index is 0.783. The summed E-state index contributed by atoms with van der Waals surface area (Å²) in [6.45, 7) is 0. The predicted octanol–water partition coefficient (Wildman–Crippen LogP) is 4.45. The van der Waals surface area contributed by atoms with E-state index in [2.05, 4.69) is 42.7 Å². The van der Waals surface area contributed by atoms with Crippen LogP contribution in [0.2, 0.25) is 0 Å². The number of thioether (sulfide) groups is 1. The molecule has 0 radical (unpaired) electrons. The second-order valence-corrected chi connectivity index (χ2v) is 5.47. The predicted molar refractivity (Wildman–Crippen MR) is 87.4 cm³/mol. The number of rotatable bonds is 3. The lowest BCUT2D eigenvalue weighted by Crippen LogP contribution is -1.97. The molecule has 0 aliphatic heterocycles. The van der Waals surface area contributed by atoms with Gasteiger partial charge in [-0.1, -0.05) is 18.2 Å². The lowest BCUT2D eigenvalue weighted by Gasteiger charge is -2.10. The molecule has 0 amide bonds. The van der Waals surface area contributed by atoms with Crippen molar-refractivity contribution in [1.82, 2.24) is 4.57 Å². The minimum Gasteiger partial charge on any atom is -0.397 e. The van der Waals surface area contributed by atoms with Crippen LogP contribution in [-0.2, 0) is 0 Å². The van der Waals surface area contributed by atoms with Gasteiger partial charge in [0.1, 0.15) is 0 Å². The van der Waals surface area contributed by atoms with Crippen molar-refractivity contribution in [2.24, 2.45) is 0 Å². The first-order chi connectivity index (χ1) is 9.78. The van der Waals surface area contributed by atoms with Crippen LogP contribution >= 0.6 is 11.8 Å². The standard InChI is InChI=1S/C17H16N2S/c1-20-15-7-4-13(5-8-15)14-6-9-16(18)17(12-14)19-10-2-3-11-19/h2-12H,18H2,1H3. The summed E-state index contributed by atoms with van der Waals surface area (Å²) in [5, 5.41) is 0. The van der Waals surface area contributed by atoms with Crippen LogP contribution in [0.15, 0.2) is 71.9 Å². The monoisotopic (exact) mass is 280 g/mol. The molecule has 3 rings (SSSR count). The van der Waals surface area contributed by atoms with Crippen LogP contribution in [0.5, 0.6) is 0 Å². The molecule has 0 unspecified atom stereocenters. The third kappa shape index (κ3) is 2.45. The Labute approximate surface area is 123 Å². The molecule has 0 aliphatic rings. The molecule has 20 heavy (non-hydrogen) atoms. The number of nitrogens with two attached hydrogens (primary N) is 1. The zero-order valence-corrected chi connectivity index (χ0v) is 12.1. The number of hydrogen-bond donors (Lipinski definition) is 1. The third-order valence-corrected chi connectivity index (χ3v) is 4.08. The fourth-order valence-corrected chi connectivity index (χ4v) is 2.63. The minimum absolute atomic E-state index is 0.783. The second-order valence-electron chi connectivity index (χ2n) is 4.59. The van der Waals surface area contributed by atoms with E-state index in [1.54, 1.807) is 11.8 Å². The van der Waals surface area contributed by atoms with Crippen LogP contribution in [0.3, 0.4) is 0 Å². The smallest absolute Gasteiger partial charge is 0.0686 e. The fourth-order valence-electron chi connectivity index (χ4n) is 2.23. The van der Waals surface area contributed by atoms with Gasteiger partial charge >= 0.3 is 0 Å². The summed E-state index contributed by atoms with van der Waals surface area (Å²) in [6, 6.07) is 18.7. The number of benzene rings is 2. The first kappa shape index (κ1) is 12.9. The molecule has 2 nitrogen and oxygen atoms in total. The van der Waals surface area contributed by atoms with Gasteiger partial charge in [0.25, 0.3) is 0 Å². The van der Waals surface area contributed by atoms with E-state index in [0.29, 0.717) is 0 Å². The Hall–Kier alpha value is -2.13. The molecule has 100 valence electrons. The van der Waals surface area contributed by atoms with Crippen molar-refractivity contribution < 1.29 is 0 Å².